The van der Waals surface area contributed by atoms with E-state index in [4.69, 9.17) is 5.11 Å². The maximum Gasteiger partial charge on any atom is 0.317 e. The van der Waals surface area contributed by atoms with Crippen LogP contribution in [0.15, 0.2) is 30.3 Å². The predicted octanol–water partition coefficient (Wildman–Crippen LogP) is 1.44. The Bertz CT molecular complexity index is 474. The summed E-state index contributed by atoms with van der Waals surface area (Å²) in [7, 11) is 0. The van der Waals surface area contributed by atoms with E-state index in [9.17, 15) is 14.7 Å². The van der Waals surface area contributed by atoms with Crippen molar-refractivity contribution in [2.75, 3.05) is 13.1 Å². The second kappa shape index (κ2) is 7.64. The third-order valence-electron chi connectivity index (χ3n) is 3.04. The molecule has 0 saturated carbocycles. The zero-order valence-electron chi connectivity index (χ0n) is 12.4. The van der Waals surface area contributed by atoms with E-state index in [1.54, 1.807) is 4.90 Å². The SMILES string of the molecule is CCN(Cc1ccccc1)C(=O)NCC(C)(O)CC(=O)O. The molecular weight excluding hydrogens is 272 g/mol. The van der Waals surface area contributed by atoms with Crippen molar-refractivity contribution in [1.29, 1.82) is 0 Å². The van der Waals surface area contributed by atoms with Crippen LogP contribution in [0.2, 0.25) is 0 Å². The largest absolute Gasteiger partial charge is 0.481 e. The summed E-state index contributed by atoms with van der Waals surface area (Å²) in [6.45, 7) is 4.11. The molecule has 1 atom stereocenters. The van der Waals surface area contributed by atoms with Crippen molar-refractivity contribution in [1.82, 2.24) is 10.2 Å². The number of carboxylic acid groups (broad SMARTS) is 1. The first kappa shape index (κ1) is 17.0. The third kappa shape index (κ3) is 6.27. The van der Waals surface area contributed by atoms with Crippen LogP contribution in [0.3, 0.4) is 0 Å². The highest BCUT2D eigenvalue weighted by Crippen LogP contribution is 2.09. The fourth-order valence-electron chi connectivity index (χ4n) is 1.90. The van der Waals surface area contributed by atoms with E-state index in [2.05, 4.69) is 5.32 Å². The Hall–Kier alpha value is -2.08. The zero-order valence-corrected chi connectivity index (χ0v) is 12.4. The van der Waals surface area contributed by atoms with Crippen LogP contribution in [-0.4, -0.2) is 45.8 Å². The van der Waals surface area contributed by atoms with Crippen molar-refractivity contribution >= 4 is 12.0 Å². The average Bonchev–Trinajstić information content (AvgIpc) is 2.42. The summed E-state index contributed by atoms with van der Waals surface area (Å²) in [5.41, 5.74) is -0.458. The molecule has 1 unspecified atom stereocenters. The van der Waals surface area contributed by atoms with E-state index >= 15 is 0 Å². The molecule has 0 aliphatic carbocycles. The van der Waals surface area contributed by atoms with Gasteiger partial charge in [0.05, 0.1) is 12.0 Å². The minimum atomic E-state index is -1.46. The van der Waals surface area contributed by atoms with Gasteiger partial charge in [-0.05, 0) is 19.4 Å². The van der Waals surface area contributed by atoms with Crippen LogP contribution < -0.4 is 5.32 Å². The molecule has 1 aromatic rings. The summed E-state index contributed by atoms with van der Waals surface area (Å²) in [5, 5.41) is 21.1. The molecule has 3 N–H and O–H groups in total. The Morgan fingerprint density at radius 3 is 2.43 bits per heavy atom. The number of carbonyl (C=O) groups excluding carboxylic acids is 1. The number of hydrogen-bond donors (Lipinski definition) is 3. The normalized spacial score (nSPS) is 13.3. The number of nitrogens with one attached hydrogen (secondary N) is 1. The van der Waals surface area contributed by atoms with Gasteiger partial charge in [-0.25, -0.2) is 4.79 Å². The smallest absolute Gasteiger partial charge is 0.317 e. The van der Waals surface area contributed by atoms with E-state index in [-0.39, 0.29) is 12.6 Å². The fraction of sp³-hybridized carbons (Fsp3) is 0.467. The van der Waals surface area contributed by atoms with Gasteiger partial charge in [-0.1, -0.05) is 30.3 Å². The molecule has 0 aromatic heterocycles. The lowest BCUT2D eigenvalue weighted by molar-refractivity contribution is -0.141. The topological polar surface area (TPSA) is 89.9 Å². The quantitative estimate of drug-likeness (QED) is 0.710. The molecule has 0 bridgehead atoms. The Labute approximate surface area is 124 Å². The molecule has 6 nitrogen and oxygen atoms in total. The van der Waals surface area contributed by atoms with Crippen molar-refractivity contribution in [3.63, 3.8) is 0 Å². The van der Waals surface area contributed by atoms with Crippen LogP contribution in [0.4, 0.5) is 4.79 Å². The summed E-state index contributed by atoms with van der Waals surface area (Å²) in [6.07, 6.45) is -0.419. The number of aliphatic carboxylic acids is 1. The van der Waals surface area contributed by atoms with Crippen LogP contribution >= 0.6 is 0 Å². The molecule has 2 amide bonds. The standard InChI is InChI=1S/C15H22N2O4/c1-3-17(10-12-7-5-4-6-8-12)14(20)16-11-15(2,21)9-13(18)19/h4-8,21H,3,9-11H2,1-2H3,(H,16,20)(H,18,19). The van der Waals surface area contributed by atoms with Crippen LogP contribution in [-0.2, 0) is 11.3 Å². The predicted molar refractivity (Wildman–Crippen MR) is 78.8 cm³/mol. The van der Waals surface area contributed by atoms with Gasteiger partial charge in [-0.2, -0.15) is 0 Å². The lowest BCUT2D eigenvalue weighted by atomic mass is 10.0. The first-order chi connectivity index (χ1) is 9.84. The van der Waals surface area contributed by atoms with Gasteiger partial charge < -0.3 is 20.4 Å². The molecule has 21 heavy (non-hydrogen) atoms. The molecule has 6 heteroatoms. The minimum absolute atomic E-state index is 0.108. The monoisotopic (exact) mass is 294 g/mol. The maximum absolute atomic E-state index is 12.1. The van der Waals surface area contributed by atoms with Crippen molar-refractivity contribution in [2.45, 2.75) is 32.4 Å². The van der Waals surface area contributed by atoms with Gasteiger partial charge in [0, 0.05) is 19.6 Å². The first-order valence-corrected chi connectivity index (χ1v) is 6.85. The summed E-state index contributed by atoms with van der Waals surface area (Å²) in [4.78, 5) is 24.3. The van der Waals surface area contributed by atoms with E-state index in [1.165, 1.54) is 6.92 Å². The summed E-state index contributed by atoms with van der Waals surface area (Å²) in [6, 6.07) is 9.24. The summed E-state index contributed by atoms with van der Waals surface area (Å²) >= 11 is 0. The van der Waals surface area contributed by atoms with E-state index in [0.29, 0.717) is 13.1 Å². The number of carbonyl (C=O) groups is 2. The number of benzene rings is 1. The first-order valence-electron chi connectivity index (χ1n) is 6.85. The lowest BCUT2D eigenvalue weighted by Crippen LogP contribution is -2.47. The zero-order chi connectivity index (χ0) is 15.9. The maximum atomic E-state index is 12.1. The van der Waals surface area contributed by atoms with Crippen LogP contribution in [0.25, 0.3) is 0 Å². The molecule has 0 radical (unpaired) electrons. The van der Waals surface area contributed by atoms with Gasteiger partial charge in [0.2, 0.25) is 0 Å². The number of urea groups is 1. The fourth-order valence-corrected chi connectivity index (χ4v) is 1.90. The Morgan fingerprint density at radius 2 is 1.90 bits per heavy atom. The molecule has 0 fully saturated rings. The van der Waals surface area contributed by atoms with E-state index < -0.39 is 18.0 Å². The summed E-state index contributed by atoms with van der Waals surface area (Å²) < 4.78 is 0. The number of rotatable bonds is 7. The van der Waals surface area contributed by atoms with E-state index in [1.807, 2.05) is 37.3 Å². The number of amides is 2. The van der Waals surface area contributed by atoms with Crippen molar-refractivity contribution in [2.24, 2.45) is 0 Å². The third-order valence-corrected chi connectivity index (χ3v) is 3.04. The van der Waals surface area contributed by atoms with Gasteiger partial charge in [0.25, 0.3) is 0 Å². The number of carboxylic acids is 1. The van der Waals surface area contributed by atoms with Crippen molar-refractivity contribution in [3.05, 3.63) is 35.9 Å². The van der Waals surface area contributed by atoms with Crippen molar-refractivity contribution < 1.29 is 19.8 Å². The Balaban J connectivity index is 2.54. The Kier molecular flexibility index (Phi) is 6.17. The summed E-state index contributed by atoms with van der Waals surface area (Å²) in [5.74, 6) is -1.11. The van der Waals surface area contributed by atoms with Gasteiger partial charge in [0.1, 0.15) is 0 Å². The van der Waals surface area contributed by atoms with Gasteiger partial charge >= 0.3 is 12.0 Å². The van der Waals surface area contributed by atoms with Gasteiger partial charge in [0.15, 0.2) is 0 Å². The molecule has 0 spiro atoms. The molecule has 116 valence electrons. The Morgan fingerprint density at radius 1 is 1.29 bits per heavy atom. The van der Waals surface area contributed by atoms with E-state index in [0.717, 1.165) is 5.56 Å². The highest BCUT2D eigenvalue weighted by atomic mass is 16.4. The lowest BCUT2D eigenvalue weighted by Gasteiger charge is -2.26. The van der Waals surface area contributed by atoms with Crippen LogP contribution in [0.5, 0.6) is 0 Å². The highest BCUT2D eigenvalue weighted by Gasteiger charge is 2.25. The molecule has 0 aliphatic heterocycles. The second-order valence-corrected chi connectivity index (χ2v) is 5.23. The van der Waals surface area contributed by atoms with Gasteiger partial charge in [-0.15, -0.1) is 0 Å². The second-order valence-electron chi connectivity index (χ2n) is 5.23. The molecule has 1 aromatic carbocycles. The molecule has 1 rings (SSSR count). The van der Waals surface area contributed by atoms with Crippen LogP contribution in [0, 0.1) is 0 Å². The van der Waals surface area contributed by atoms with Crippen LogP contribution in [0.1, 0.15) is 25.8 Å². The average molecular weight is 294 g/mol. The molecule has 0 saturated heterocycles. The number of aliphatic hydroxyl groups is 1. The van der Waals surface area contributed by atoms with Gasteiger partial charge in [-0.3, -0.25) is 4.79 Å². The molecule has 0 aliphatic rings. The van der Waals surface area contributed by atoms with Crippen molar-refractivity contribution in [3.8, 4) is 0 Å². The number of nitrogens with zero attached hydrogens (tertiary/aromatic N) is 1. The minimum Gasteiger partial charge on any atom is -0.481 e. The molecule has 0 heterocycles. The highest BCUT2D eigenvalue weighted by molar-refractivity contribution is 5.74. The molecular formula is C15H22N2O4. The number of hydrogen-bond acceptors (Lipinski definition) is 3.